The first-order valence-electron chi connectivity index (χ1n) is 5.73. The van der Waals surface area contributed by atoms with E-state index >= 15 is 0 Å². The molecule has 0 radical (unpaired) electrons. The number of aromatic nitrogens is 1. The molecule has 0 bridgehead atoms. The van der Waals surface area contributed by atoms with Gasteiger partial charge in [-0.25, -0.2) is 4.98 Å². The Hall–Kier alpha value is -2.11. The summed E-state index contributed by atoms with van der Waals surface area (Å²) >= 11 is 0. The Kier molecular flexibility index (Phi) is 4.65. The number of nitrogens with two attached hydrogens (primary N) is 1. The van der Waals surface area contributed by atoms with E-state index in [0.29, 0.717) is 0 Å². The molecule has 0 saturated heterocycles. The molecule has 0 aliphatic heterocycles. The van der Waals surface area contributed by atoms with Crippen molar-refractivity contribution in [3.63, 3.8) is 0 Å². The molecule has 1 rings (SSSR count). The number of hydrogen-bond acceptors (Lipinski definition) is 4. The van der Waals surface area contributed by atoms with E-state index in [4.69, 9.17) is 5.73 Å². The number of nitrogen functional groups attached to an aromatic ring is 1. The monoisotopic (exact) mass is 250 g/mol. The van der Waals surface area contributed by atoms with Crippen molar-refractivity contribution < 1.29 is 9.59 Å². The van der Waals surface area contributed by atoms with Gasteiger partial charge in [0.05, 0.1) is 5.56 Å². The molecule has 1 aromatic rings. The minimum atomic E-state index is -0.625. The van der Waals surface area contributed by atoms with Crippen LogP contribution in [-0.4, -0.2) is 28.9 Å². The van der Waals surface area contributed by atoms with E-state index in [0.717, 1.165) is 0 Å². The molecule has 0 aliphatic rings. The number of amides is 2. The van der Waals surface area contributed by atoms with Gasteiger partial charge in [0.1, 0.15) is 11.9 Å². The van der Waals surface area contributed by atoms with E-state index in [2.05, 4.69) is 15.6 Å². The normalized spacial score (nSPS) is 12.0. The summed E-state index contributed by atoms with van der Waals surface area (Å²) in [5, 5.41) is 5.28. The standard InChI is InChI=1S/C12H18N4O2/c1-7(2)15-11(17)8(3)16-12(18)9-5-4-6-14-10(9)13/h4-8H,1-3H3,(H2,13,14)(H,15,17)(H,16,18). The van der Waals surface area contributed by atoms with E-state index in [-0.39, 0.29) is 23.3 Å². The first kappa shape index (κ1) is 14.0. The number of hydrogen-bond donors (Lipinski definition) is 3. The van der Waals surface area contributed by atoms with Gasteiger partial charge in [0.25, 0.3) is 5.91 Å². The Morgan fingerprint density at radius 3 is 2.50 bits per heavy atom. The lowest BCUT2D eigenvalue weighted by atomic mass is 10.2. The summed E-state index contributed by atoms with van der Waals surface area (Å²) < 4.78 is 0. The zero-order valence-corrected chi connectivity index (χ0v) is 10.7. The average molecular weight is 250 g/mol. The van der Waals surface area contributed by atoms with Crippen LogP contribution in [0.1, 0.15) is 31.1 Å². The molecule has 18 heavy (non-hydrogen) atoms. The summed E-state index contributed by atoms with van der Waals surface area (Å²) in [5.74, 6) is -0.501. The average Bonchev–Trinajstić information content (AvgIpc) is 2.28. The van der Waals surface area contributed by atoms with Gasteiger partial charge in [-0.1, -0.05) is 0 Å². The molecular weight excluding hydrogens is 232 g/mol. The third-order valence-corrected chi connectivity index (χ3v) is 2.25. The number of anilines is 1. The van der Waals surface area contributed by atoms with Crippen molar-refractivity contribution in [1.29, 1.82) is 0 Å². The topological polar surface area (TPSA) is 97.1 Å². The van der Waals surface area contributed by atoms with Crippen LogP contribution in [0.4, 0.5) is 5.82 Å². The predicted molar refractivity (Wildman–Crippen MR) is 68.9 cm³/mol. The van der Waals surface area contributed by atoms with Crippen LogP contribution < -0.4 is 16.4 Å². The molecule has 0 fully saturated rings. The predicted octanol–water partition coefficient (Wildman–Crippen LogP) is 0.307. The van der Waals surface area contributed by atoms with Crippen molar-refractivity contribution in [2.24, 2.45) is 0 Å². The highest BCUT2D eigenvalue weighted by molar-refractivity contribution is 6.00. The van der Waals surface area contributed by atoms with Gasteiger partial charge in [0, 0.05) is 12.2 Å². The van der Waals surface area contributed by atoms with E-state index in [9.17, 15) is 9.59 Å². The van der Waals surface area contributed by atoms with Crippen molar-refractivity contribution in [3.8, 4) is 0 Å². The Bertz CT molecular complexity index is 445. The number of pyridine rings is 1. The quantitative estimate of drug-likeness (QED) is 0.716. The smallest absolute Gasteiger partial charge is 0.255 e. The molecule has 0 aromatic carbocycles. The van der Waals surface area contributed by atoms with Crippen LogP contribution in [0.2, 0.25) is 0 Å². The second-order valence-electron chi connectivity index (χ2n) is 4.29. The van der Waals surface area contributed by atoms with Crippen molar-refractivity contribution in [1.82, 2.24) is 15.6 Å². The van der Waals surface area contributed by atoms with Crippen LogP contribution in [0, 0.1) is 0 Å². The molecule has 1 unspecified atom stereocenters. The molecular formula is C12H18N4O2. The van der Waals surface area contributed by atoms with E-state index < -0.39 is 11.9 Å². The third-order valence-electron chi connectivity index (χ3n) is 2.25. The maximum Gasteiger partial charge on any atom is 0.255 e. The van der Waals surface area contributed by atoms with Crippen molar-refractivity contribution in [2.45, 2.75) is 32.9 Å². The second-order valence-corrected chi connectivity index (χ2v) is 4.29. The molecule has 6 heteroatoms. The van der Waals surface area contributed by atoms with Crippen molar-refractivity contribution in [2.75, 3.05) is 5.73 Å². The summed E-state index contributed by atoms with van der Waals surface area (Å²) in [6.45, 7) is 5.32. The molecule has 98 valence electrons. The minimum absolute atomic E-state index is 0.0281. The zero-order chi connectivity index (χ0) is 13.7. The summed E-state index contributed by atoms with van der Waals surface area (Å²) in [5.41, 5.74) is 5.85. The lowest BCUT2D eigenvalue weighted by Gasteiger charge is -2.16. The SMILES string of the molecule is CC(C)NC(=O)C(C)NC(=O)c1cccnc1N. The summed E-state index contributed by atoms with van der Waals surface area (Å²) in [6, 6.07) is 2.58. The summed E-state index contributed by atoms with van der Waals surface area (Å²) in [4.78, 5) is 27.3. The number of nitrogens with zero attached hydrogens (tertiary/aromatic N) is 1. The van der Waals surface area contributed by atoms with Crippen LogP contribution in [0.25, 0.3) is 0 Å². The molecule has 6 nitrogen and oxygen atoms in total. The van der Waals surface area contributed by atoms with Gasteiger partial charge in [-0.2, -0.15) is 0 Å². The fraction of sp³-hybridized carbons (Fsp3) is 0.417. The lowest BCUT2D eigenvalue weighted by Crippen LogP contribution is -2.46. The van der Waals surface area contributed by atoms with E-state index in [1.807, 2.05) is 13.8 Å². The molecule has 0 aliphatic carbocycles. The van der Waals surface area contributed by atoms with Crippen LogP contribution in [0.15, 0.2) is 18.3 Å². The first-order chi connectivity index (χ1) is 8.41. The molecule has 1 heterocycles. The van der Waals surface area contributed by atoms with E-state index in [1.54, 1.807) is 19.1 Å². The Labute approximate surface area is 106 Å². The molecule has 0 spiro atoms. The highest BCUT2D eigenvalue weighted by Crippen LogP contribution is 2.06. The third kappa shape index (κ3) is 3.73. The zero-order valence-electron chi connectivity index (χ0n) is 10.7. The largest absolute Gasteiger partial charge is 0.383 e. The molecule has 1 atom stereocenters. The van der Waals surface area contributed by atoms with Gasteiger partial charge in [0.2, 0.25) is 5.91 Å². The fourth-order valence-corrected chi connectivity index (χ4v) is 1.36. The van der Waals surface area contributed by atoms with Crippen LogP contribution in [0.5, 0.6) is 0 Å². The van der Waals surface area contributed by atoms with Gasteiger partial charge in [-0.3, -0.25) is 9.59 Å². The van der Waals surface area contributed by atoms with E-state index in [1.165, 1.54) is 6.20 Å². The Morgan fingerprint density at radius 1 is 1.28 bits per heavy atom. The number of rotatable bonds is 4. The van der Waals surface area contributed by atoms with Crippen LogP contribution in [0.3, 0.4) is 0 Å². The number of carbonyl (C=O) groups is 2. The highest BCUT2D eigenvalue weighted by atomic mass is 16.2. The number of carbonyl (C=O) groups excluding carboxylic acids is 2. The van der Waals surface area contributed by atoms with Gasteiger partial charge in [-0.05, 0) is 32.9 Å². The van der Waals surface area contributed by atoms with Gasteiger partial charge in [0.15, 0.2) is 0 Å². The second kappa shape index (κ2) is 6.00. The molecule has 0 saturated carbocycles. The fourth-order valence-electron chi connectivity index (χ4n) is 1.36. The molecule has 4 N–H and O–H groups in total. The highest BCUT2D eigenvalue weighted by Gasteiger charge is 2.18. The maximum absolute atomic E-state index is 11.9. The van der Waals surface area contributed by atoms with Crippen molar-refractivity contribution in [3.05, 3.63) is 23.9 Å². The summed E-state index contributed by atoms with van der Waals surface area (Å²) in [7, 11) is 0. The van der Waals surface area contributed by atoms with Crippen LogP contribution >= 0.6 is 0 Å². The maximum atomic E-state index is 11.9. The Balaban J connectivity index is 2.65. The first-order valence-corrected chi connectivity index (χ1v) is 5.73. The Morgan fingerprint density at radius 2 is 1.94 bits per heavy atom. The number of nitrogens with one attached hydrogen (secondary N) is 2. The van der Waals surface area contributed by atoms with Gasteiger partial charge in [-0.15, -0.1) is 0 Å². The van der Waals surface area contributed by atoms with Gasteiger partial charge < -0.3 is 16.4 Å². The lowest BCUT2D eigenvalue weighted by molar-refractivity contribution is -0.123. The summed E-state index contributed by atoms with van der Waals surface area (Å²) in [6.07, 6.45) is 1.50. The molecule has 2 amide bonds. The minimum Gasteiger partial charge on any atom is -0.383 e. The van der Waals surface area contributed by atoms with Crippen LogP contribution in [-0.2, 0) is 4.79 Å². The van der Waals surface area contributed by atoms with Gasteiger partial charge >= 0.3 is 0 Å². The van der Waals surface area contributed by atoms with Crippen molar-refractivity contribution >= 4 is 17.6 Å². The molecule has 1 aromatic heterocycles.